The van der Waals surface area contributed by atoms with Gasteiger partial charge in [-0.15, -0.1) is 0 Å². The lowest BCUT2D eigenvalue weighted by atomic mass is 10.1. The van der Waals surface area contributed by atoms with Gasteiger partial charge in [0.15, 0.2) is 5.84 Å². The van der Waals surface area contributed by atoms with Gasteiger partial charge in [-0.3, -0.25) is 15.0 Å². The molecule has 2 aliphatic carbocycles. The zero-order chi connectivity index (χ0) is 23.1. The lowest BCUT2D eigenvalue weighted by molar-refractivity contribution is 0.0942. The second-order valence-corrected chi connectivity index (χ2v) is 8.91. The quantitative estimate of drug-likeness (QED) is 0.438. The zero-order valence-corrected chi connectivity index (χ0v) is 18.4. The number of aliphatic hydroxyl groups is 1. The fourth-order valence-corrected chi connectivity index (χ4v) is 3.84. The Bertz CT molecular complexity index is 1180. The van der Waals surface area contributed by atoms with E-state index < -0.39 is 0 Å². The summed E-state index contributed by atoms with van der Waals surface area (Å²) < 4.78 is 0. The van der Waals surface area contributed by atoms with Crippen molar-refractivity contribution in [2.75, 3.05) is 11.6 Å². The van der Waals surface area contributed by atoms with Crippen molar-refractivity contribution in [3.8, 4) is 0 Å². The van der Waals surface area contributed by atoms with Crippen LogP contribution in [-0.2, 0) is 0 Å². The van der Waals surface area contributed by atoms with Crippen molar-refractivity contribution in [1.29, 1.82) is 5.41 Å². The number of nitrogens with zero attached hydrogens (tertiary/aromatic N) is 1. The summed E-state index contributed by atoms with van der Waals surface area (Å²) in [6.07, 6.45) is 4.03. The third-order valence-electron chi connectivity index (χ3n) is 6.14. The number of rotatable bonds is 6. The van der Waals surface area contributed by atoms with Crippen LogP contribution in [0.3, 0.4) is 0 Å². The van der Waals surface area contributed by atoms with Crippen LogP contribution in [0.1, 0.15) is 57.5 Å². The van der Waals surface area contributed by atoms with E-state index in [0.29, 0.717) is 16.7 Å². The molecule has 3 fully saturated rings. The first kappa shape index (κ1) is 21.1. The second kappa shape index (κ2) is 8.27. The van der Waals surface area contributed by atoms with Crippen LogP contribution in [-0.4, -0.2) is 41.5 Å². The van der Waals surface area contributed by atoms with Crippen LogP contribution in [0.5, 0.6) is 0 Å². The summed E-state index contributed by atoms with van der Waals surface area (Å²) in [4.78, 5) is 26.6. The zero-order valence-electron chi connectivity index (χ0n) is 18.4. The SMILES string of the molecule is Cc1ccc(C(=O)NC2CC2)cc1N1CNC(=C(O)c2cccc(C(=O)NC3CC3)c2)C1=N. The molecule has 0 bridgehead atoms. The van der Waals surface area contributed by atoms with Crippen molar-refractivity contribution in [2.45, 2.75) is 44.7 Å². The van der Waals surface area contributed by atoms with Crippen LogP contribution in [0.15, 0.2) is 48.2 Å². The average Bonchev–Trinajstić information content (AvgIpc) is 3.75. The normalized spacial score (nSPS) is 19.2. The molecule has 0 atom stereocenters. The van der Waals surface area contributed by atoms with Crippen LogP contribution in [0, 0.1) is 12.3 Å². The molecule has 5 rings (SSSR count). The first-order chi connectivity index (χ1) is 15.9. The third-order valence-corrected chi connectivity index (χ3v) is 6.14. The first-order valence-corrected chi connectivity index (χ1v) is 11.3. The van der Waals surface area contributed by atoms with Crippen LogP contribution in [0.4, 0.5) is 5.69 Å². The standard InChI is InChI=1S/C25H27N5O3/c1-14-5-6-17(25(33)29-19-9-10-19)12-20(14)30-13-27-21(23(30)26)22(31)15-3-2-4-16(11-15)24(32)28-18-7-8-18/h2-6,11-12,18-19,26-27,31H,7-10,13H2,1H3,(H,28,32)(H,29,33). The molecule has 0 unspecified atom stereocenters. The highest BCUT2D eigenvalue weighted by Gasteiger charge is 2.30. The molecule has 1 heterocycles. The fraction of sp³-hybridized carbons (Fsp3) is 0.320. The number of carbonyl (C=O) groups is 2. The number of hydrogen-bond acceptors (Lipinski definition) is 5. The summed E-state index contributed by atoms with van der Waals surface area (Å²) in [5.41, 5.74) is 3.41. The van der Waals surface area contributed by atoms with Gasteiger partial charge < -0.3 is 26.0 Å². The Morgan fingerprint density at radius 1 is 0.970 bits per heavy atom. The Labute approximate surface area is 192 Å². The minimum atomic E-state index is -0.162. The number of amides is 2. The number of nitrogens with one attached hydrogen (secondary N) is 4. The van der Waals surface area contributed by atoms with Crippen molar-refractivity contribution in [2.24, 2.45) is 0 Å². The van der Waals surface area contributed by atoms with Gasteiger partial charge in [-0.2, -0.15) is 0 Å². The van der Waals surface area contributed by atoms with E-state index in [0.717, 1.165) is 36.9 Å². The molecule has 5 N–H and O–H groups in total. The molecule has 2 aromatic carbocycles. The number of amidine groups is 1. The van der Waals surface area contributed by atoms with Gasteiger partial charge in [0.05, 0.1) is 6.67 Å². The fourth-order valence-electron chi connectivity index (χ4n) is 3.84. The topological polar surface area (TPSA) is 118 Å². The molecule has 0 radical (unpaired) electrons. The molecule has 170 valence electrons. The largest absolute Gasteiger partial charge is 0.505 e. The van der Waals surface area contributed by atoms with E-state index in [1.54, 1.807) is 41.3 Å². The molecule has 8 heteroatoms. The molecule has 3 aliphatic rings. The minimum absolute atomic E-state index is 0.0937. The van der Waals surface area contributed by atoms with Gasteiger partial charge in [-0.25, -0.2) is 0 Å². The number of anilines is 1. The van der Waals surface area contributed by atoms with Gasteiger partial charge >= 0.3 is 0 Å². The van der Waals surface area contributed by atoms with E-state index in [2.05, 4.69) is 16.0 Å². The summed E-state index contributed by atoms with van der Waals surface area (Å²) >= 11 is 0. The Morgan fingerprint density at radius 2 is 1.58 bits per heavy atom. The molecule has 2 amide bonds. The van der Waals surface area contributed by atoms with E-state index in [4.69, 9.17) is 5.41 Å². The molecule has 33 heavy (non-hydrogen) atoms. The highest BCUT2D eigenvalue weighted by atomic mass is 16.3. The van der Waals surface area contributed by atoms with Crippen molar-refractivity contribution in [3.63, 3.8) is 0 Å². The predicted octanol–water partition coefficient (Wildman–Crippen LogP) is 3.05. The van der Waals surface area contributed by atoms with E-state index >= 15 is 0 Å². The lowest BCUT2D eigenvalue weighted by Gasteiger charge is -2.20. The Hall–Kier alpha value is -3.81. The van der Waals surface area contributed by atoms with Gasteiger partial charge in [0, 0.05) is 34.5 Å². The van der Waals surface area contributed by atoms with Crippen LogP contribution < -0.4 is 20.9 Å². The molecular weight excluding hydrogens is 418 g/mol. The maximum absolute atomic E-state index is 12.5. The van der Waals surface area contributed by atoms with Crippen LogP contribution in [0.2, 0.25) is 0 Å². The van der Waals surface area contributed by atoms with Crippen molar-refractivity contribution >= 4 is 29.1 Å². The van der Waals surface area contributed by atoms with Crippen molar-refractivity contribution in [3.05, 3.63) is 70.4 Å². The minimum Gasteiger partial charge on any atom is -0.505 e. The molecule has 0 spiro atoms. The van der Waals surface area contributed by atoms with Crippen LogP contribution in [0.25, 0.3) is 5.76 Å². The maximum Gasteiger partial charge on any atom is 0.251 e. The smallest absolute Gasteiger partial charge is 0.251 e. The summed E-state index contributed by atoms with van der Waals surface area (Å²) in [5, 5.41) is 28.6. The van der Waals surface area contributed by atoms with Gasteiger partial charge in [0.25, 0.3) is 11.8 Å². The average molecular weight is 446 g/mol. The second-order valence-electron chi connectivity index (χ2n) is 8.91. The van der Waals surface area contributed by atoms with Crippen molar-refractivity contribution in [1.82, 2.24) is 16.0 Å². The lowest BCUT2D eigenvalue weighted by Crippen LogP contribution is -2.28. The summed E-state index contributed by atoms with van der Waals surface area (Å²) in [5.74, 6) is -0.269. The van der Waals surface area contributed by atoms with Gasteiger partial charge in [0.2, 0.25) is 0 Å². The summed E-state index contributed by atoms with van der Waals surface area (Å²) in [7, 11) is 0. The molecule has 2 saturated carbocycles. The monoisotopic (exact) mass is 445 g/mol. The number of aryl methyl sites for hydroxylation is 1. The number of aliphatic hydroxyl groups excluding tert-OH is 1. The molecule has 0 aromatic heterocycles. The summed E-state index contributed by atoms with van der Waals surface area (Å²) in [6.45, 7) is 2.21. The van der Waals surface area contributed by atoms with E-state index in [-0.39, 0.29) is 47.9 Å². The van der Waals surface area contributed by atoms with Gasteiger partial charge in [-0.1, -0.05) is 18.2 Å². The predicted molar refractivity (Wildman–Crippen MR) is 126 cm³/mol. The number of carbonyl (C=O) groups excluding carboxylic acids is 2. The first-order valence-electron chi connectivity index (χ1n) is 11.3. The van der Waals surface area contributed by atoms with Gasteiger partial charge in [0.1, 0.15) is 11.5 Å². The Morgan fingerprint density at radius 3 is 2.21 bits per heavy atom. The van der Waals surface area contributed by atoms with E-state index in [1.165, 1.54) is 0 Å². The molecule has 2 aromatic rings. The maximum atomic E-state index is 12.5. The molecular formula is C25H27N5O3. The van der Waals surface area contributed by atoms with E-state index in [9.17, 15) is 14.7 Å². The van der Waals surface area contributed by atoms with Crippen LogP contribution >= 0.6 is 0 Å². The highest BCUT2D eigenvalue weighted by Crippen LogP contribution is 2.29. The van der Waals surface area contributed by atoms with Crippen molar-refractivity contribution < 1.29 is 14.7 Å². The summed E-state index contributed by atoms with van der Waals surface area (Å²) in [6, 6.07) is 12.7. The van der Waals surface area contributed by atoms with Gasteiger partial charge in [-0.05, 0) is 62.4 Å². The number of benzene rings is 2. The Balaban J connectivity index is 1.38. The molecule has 1 aliphatic heterocycles. The highest BCUT2D eigenvalue weighted by molar-refractivity contribution is 6.13. The third kappa shape index (κ3) is 4.41. The molecule has 8 nitrogen and oxygen atoms in total. The number of hydrogen-bond donors (Lipinski definition) is 5. The Kier molecular flexibility index (Phi) is 5.28. The van der Waals surface area contributed by atoms with E-state index in [1.807, 2.05) is 13.0 Å². The molecule has 1 saturated heterocycles.